The Labute approximate surface area is 128 Å². The standard InChI is InChI=1S/C15H20N4OS/c1-9-7-19(8-10(2)18(9)3)14(20)11-4-5-12-13(6-11)21-15(16)17-12/h4-6,9-10H,7-8H2,1-3H3,(H2,16,17). The molecule has 1 aromatic carbocycles. The second-order valence-electron chi connectivity index (χ2n) is 5.81. The van der Waals surface area contributed by atoms with Crippen LogP contribution in [0.4, 0.5) is 5.13 Å². The van der Waals surface area contributed by atoms with Crippen LogP contribution >= 0.6 is 11.3 Å². The van der Waals surface area contributed by atoms with Crippen LogP contribution in [0.5, 0.6) is 0 Å². The largest absolute Gasteiger partial charge is 0.375 e. The summed E-state index contributed by atoms with van der Waals surface area (Å²) < 4.78 is 0.966. The molecule has 0 bridgehead atoms. The summed E-state index contributed by atoms with van der Waals surface area (Å²) in [6, 6.07) is 6.37. The highest BCUT2D eigenvalue weighted by Gasteiger charge is 2.29. The zero-order valence-electron chi connectivity index (χ0n) is 12.5. The lowest BCUT2D eigenvalue weighted by Gasteiger charge is -2.42. The lowest BCUT2D eigenvalue weighted by molar-refractivity contribution is 0.0414. The number of nitrogens with zero attached hydrogens (tertiary/aromatic N) is 3. The highest BCUT2D eigenvalue weighted by atomic mass is 32.1. The average Bonchev–Trinajstić information content (AvgIpc) is 2.82. The third-order valence-electron chi connectivity index (χ3n) is 4.30. The van der Waals surface area contributed by atoms with E-state index in [1.54, 1.807) is 0 Å². The van der Waals surface area contributed by atoms with Gasteiger partial charge in [-0.15, -0.1) is 0 Å². The van der Waals surface area contributed by atoms with Gasteiger partial charge in [-0.3, -0.25) is 9.69 Å². The molecule has 2 atom stereocenters. The third kappa shape index (κ3) is 2.61. The molecule has 112 valence electrons. The maximum absolute atomic E-state index is 12.7. The SMILES string of the molecule is CC1CN(C(=O)c2ccc3nc(N)sc3c2)CC(C)N1C. The number of amides is 1. The van der Waals surface area contributed by atoms with E-state index < -0.39 is 0 Å². The van der Waals surface area contributed by atoms with Gasteiger partial charge in [0.15, 0.2) is 5.13 Å². The van der Waals surface area contributed by atoms with Crippen molar-refractivity contribution in [3.63, 3.8) is 0 Å². The van der Waals surface area contributed by atoms with Crippen LogP contribution in [0.3, 0.4) is 0 Å². The zero-order valence-corrected chi connectivity index (χ0v) is 13.4. The fraction of sp³-hybridized carbons (Fsp3) is 0.467. The molecule has 2 N–H and O–H groups in total. The zero-order chi connectivity index (χ0) is 15.1. The number of hydrogen-bond donors (Lipinski definition) is 1. The summed E-state index contributed by atoms with van der Waals surface area (Å²) in [5, 5.41) is 0.538. The maximum Gasteiger partial charge on any atom is 0.254 e. The van der Waals surface area contributed by atoms with E-state index in [9.17, 15) is 4.79 Å². The van der Waals surface area contributed by atoms with Crippen LogP contribution in [0.25, 0.3) is 10.2 Å². The van der Waals surface area contributed by atoms with Gasteiger partial charge in [-0.2, -0.15) is 0 Å². The molecule has 2 unspecified atom stereocenters. The highest BCUT2D eigenvalue weighted by Crippen LogP contribution is 2.25. The van der Waals surface area contributed by atoms with Crippen LogP contribution in [0.2, 0.25) is 0 Å². The maximum atomic E-state index is 12.7. The first-order chi connectivity index (χ1) is 9.95. The number of benzene rings is 1. The van der Waals surface area contributed by atoms with Gasteiger partial charge in [0.2, 0.25) is 0 Å². The lowest BCUT2D eigenvalue weighted by atomic mass is 10.1. The summed E-state index contributed by atoms with van der Waals surface area (Å²) in [4.78, 5) is 21.2. The molecule has 2 aromatic rings. The Bertz CT molecular complexity index is 671. The molecule has 1 aliphatic heterocycles. The molecule has 0 aliphatic carbocycles. The van der Waals surface area contributed by atoms with Crippen molar-refractivity contribution in [3.05, 3.63) is 23.8 Å². The van der Waals surface area contributed by atoms with Gasteiger partial charge in [0, 0.05) is 30.7 Å². The van der Waals surface area contributed by atoms with Gasteiger partial charge in [-0.25, -0.2) is 4.98 Å². The highest BCUT2D eigenvalue weighted by molar-refractivity contribution is 7.22. The first kappa shape index (κ1) is 14.3. The molecule has 1 aliphatic rings. The van der Waals surface area contributed by atoms with Crippen molar-refractivity contribution >= 4 is 32.6 Å². The predicted molar refractivity (Wildman–Crippen MR) is 86.6 cm³/mol. The molecule has 1 fully saturated rings. The van der Waals surface area contributed by atoms with Crippen LogP contribution in [0, 0.1) is 0 Å². The van der Waals surface area contributed by atoms with Crippen molar-refractivity contribution in [2.45, 2.75) is 25.9 Å². The Morgan fingerprint density at radius 3 is 2.67 bits per heavy atom. The second kappa shape index (κ2) is 5.27. The van der Waals surface area contributed by atoms with Gasteiger partial charge in [0.25, 0.3) is 5.91 Å². The van der Waals surface area contributed by atoms with E-state index >= 15 is 0 Å². The van der Waals surface area contributed by atoms with E-state index in [1.165, 1.54) is 11.3 Å². The number of aromatic nitrogens is 1. The fourth-order valence-electron chi connectivity index (χ4n) is 2.83. The Morgan fingerprint density at radius 1 is 1.33 bits per heavy atom. The second-order valence-corrected chi connectivity index (χ2v) is 6.87. The minimum Gasteiger partial charge on any atom is -0.375 e. The van der Waals surface area contributed by atoms with E-state index in [2.05, 4.69) is 30.8 Å². The van der Waals surface area contributed by atoms with Crippen LogP contribution in [-0.4, -0.2) is 52.9 Å². The summed E-state index contributed by atoms with van der Waals surface area (Å²) in [5.41, 5.74) is 7.29. The van der Waals surface area contributed by atoms with Crippen LogP contribution < -0.4 is 5.73 Å². The number of likely N-dealkylation sites (N-methyl/N-ethyl adjacent to an activating group) is 1. The summed E-state index contributed by atoms with van der Waals surface area (Å²) >= 11 is 1.42. The van der Waals surface area contributed by atoms with E-state index in [0.717, 1.165) is 28.9 Å². The lowest BCUT2D eigenvalue weighted by Crippen LogP contribution is -2.56. The number of anilines is 1. The third-order valence-corrected chi connectivity index (χ3v) is 5.15. The molecule has 3 rings (SSSR count). The first-order valence-corrected chi connectivity index (χ1v) is 7.94. The Balaban J connectivity index is 1.86. The molecule has 0 spiro atoms. The minimum atomic E-state index is 0.0932. The van der Waals surface area contributed by atoms with Crippen LogP contribution in [-0.2, 0) is 0 Å². The Morgan fingerprint density at radius 2 is 2.00 bits per heavy atom. The topological polar surface area (TPSA) is 62.5 Å². The number of thiazole rings is 1. The smallest absolute Gasteiger partial charge is 0.254 e. The molecule has 21 heavy (non-hydrogen) atoms. The molecular weight excluding hydrogens is 284 g/mol. The monoisotopic (exact) mass is 304 g/mol. The summed E-state index contributed by atoms with van der Waals surface area (Å²) in [6.45, 7) is 5.84. The van der Waals surface area contributed by atoms with Gasteiger partial charge in [0.1, 0.15) is 0 Å². The van der Waals surface area contributed by atoms with Crippen molar-refractivity contribution in [3.8, 4) is 0 Å². The molecule has 1 amide bonds. The van der Waals surface area contributed by atoms with Crippen molar-refractivity contribution in [1.82, 2.24) is 14.8 Å². The van der Waals surface area contributed by atoms with E-state index in [-0.39, 0.29) is 5.91 Å². The van der Waals surface area contributed by atoms with Crippen LogP contribution in [0.15, 0.2) is 18.2 Å². The molecular formula is C15H20N4OS. The normalized spacial score (nSPS) is 23.7. The summed E-state index contributed by atoms with van der Waals surface area (Å²) in [5.74, 6) is 0.0932. The van der Waals surface area contributed by atoms with Gasteiger partial charge >= 0.3 is 0 Å². The van der Waals surface area contributed by atoms with Gasteiger partial charge in [-0.05, 0) is 39.1 Å². The van der Waals surface area contributed by atoms with Crippen molar-refractivity contribution < 1.29 is 4.79 Å². The van der Waals surface area contributed by atoms with Crippen molar-refractivity contribution in [2.24, 2.45) is 0 Å². The molecule has 6 heteroatoms. The number of nitrogen functional groups attached to an aromatic ring is 1. The van der Waals surface area contributed by atoms with E-state index in [0.29, 0.717) is 17.2 Å². The van der Waals surface area contributed by atoms with Gasteiger partial charge in [0.05, 0.1) is 10.2 Å². The molecule has 0 radical (unpaired) electrons. The quantitative estimate of drug-likeness (QED) is 0.876. The van der Waals surface area contributed by atoms with Crippen molar-refractivity contribution in [2.75, 3.05) is 25.9 Å². The number of piperazine rings is 1. The summed E-state index contributed by atoms with van der Waals surface area (Å²) in [6.07, 6.45) is 0. The molecule has 5 nitrogen and oxygen atoms in total. The molecule has 0 saturated carbocycles. The Kier molecular flexibility index (Phi) is 3.59. The number of fused-ring (bicyclic) bond motifs is 1. The number of nitrogens with two attached hydrogens (primary N) is 1. The molecule has 1 aromatic heterocycles. The fourth-order valence-corrected chi connectivity index (χ4v) is 3.60. The van der Waals surface area contributed by atoms with Crippen LogP contribution in [0.1, 0.15) is 24.2 Å². The number of carbonyl (C=O) groups excluding carboxylic acids is 1. The molecule has 2 heterocycles. The Hall–Kier alpha value is -1.66. The van der Waals surface area contributed by atoms with Gasteiger partial charge < -0.3 is 10.6 Å². The van der Waals surface area contributed by atoms with E-state index in [4.69, 9.17) is 5.73 Å². The number of hydrogen-bond acceptors (Lipinski definition) is 5. The van der Waals surface area contributed by atoms with Crippen molar-refractivity contribution in [1.29, 1.82) is 0 Å². The first-order valence-electron chi connectivity index (χ1n) is 7.13. The number of carbonyl (C=O) groups is 1. The number of rotatable bonds is 1. The minimum absolute atomic E-state index is 0.0932. The average molecular weight is 304 g/mol. The van der Waals surface area contributed by atoms with Gasteiger partial charge in [-0.1, -0.05) is 11.3 Å². The van der Waals surface area contributed by atoms with E-state index in [1.807, 2.05) is 23.1 Å². The summed E-state index contributed by atoms with van der Waals surface area (Å²) in [7, 11) is 2.11. The molecule has 1 saturated heterocycles. The predicted octanol–water partition coefficient (Wildman–Crippen LogP) is 2.04.